The summed E-state index contributed by atoms with van der Waals surface area (Å²) >= 11 is 0. The monoisotopic (exact) mass is 573 g/mol. The van der Waals surface area contributed by atoms with Crippen molar-refractivity contribution in [1.82, 2.24) is 9.78 Å². The number of fused-ring (bicyclic) bond motifs is 1. The number of carbonyl (C=O) groups excluding carboxylic acids is 3. The molecular formula is C32H39N5O5. The lowest BCUT2D eigenvalue weighted by Crippen LogP contribution is -2.39. The number of aromatic nitrogens is 2. The van der Waals surface area contributed by atoms with Gasteiger partial charge < -0.3 is 25.0 Å². The van der Waals surface area contributed by atoms with Crippen LogP contribution in [-0.4, -0.2) is 54.3 Å². The Hall–Kier alpha value is -4.34. The largest absolute Gasteiger partial charge is 0.494 e. The molecular weight excluding hydrogens is 534 g/mol. The molecule has 2 aliphatic heterocycles. The van der Waals surface area contributed by atoms with Crippen LogP contribution in [0.3, 0.4) is 0 Å². The van der Waals surface area contributed by atoms with Crippen molar-refractivity contribution in [3.05, 3.63) is 59.4 Å². The lowest BCUT2D eigenvalue weighted by atomic mass is 10.0. The zero-order chi connectivity index (χ0) is 29.6. The van der Waals surface area contributed by atoms with Crippen LogP contribution in [-0.2, 0) is 11.2 Å². The van der Waals surface area contributed by atoms with Gasteiger partial charge in [0.25, 0.3) is 11.8 Å². The number of primary amides is 1. The van der Waals surface area contributed by atoms with E-state index < -0.39 is 5.91 Å². The van der Waals surface area contributed by atoms with E-state index in [1.54, 1.807) is 23.0 Å². The molecule has 0 radical (unpaired) electrons. The normalized spacial score (nSPS) is 15.1. The molecule has 10 nitrogen and oxygen atoms in total. The maximum absolute atomic E-state index is 14.1. The van der Waals surface area contributed by atoms with Crippen molar-refractivity contribution >= 4 is 29.1 Å². The first-order chi connectivity index (χ1) is 20.4. The number of rotatable bonds is 12. The van der Waals surface area contributed by atoms with Crippen LogP contribution in [0, 0.1) is 0 Å². The smallest absolute Gasteiger partial charge is 0.277 e. The third kappa shape index (κ3) is 5.98. The number of methoxy groups -OCH3 is 1. The van der Waals surface area contributed by atoms with Gasteiger partial charge in [-0.1, -0.05) is 38.7 Å². The Bertz CT molecular complexity index is 1470. The number of anilines is 2. The van der Waals surface area contributed by atoms with Crippen molar-refractivity contribution in [3.63, 3.8) is 0 Å². The third-order valence-corrected chi connectivity index (χ3v) is 7.92. The quantitative estimate of drug-likeness (QED) is 0.303. The Balaban J connectivity index is 1.44. The van der Waals surface area contributed by atoms with Crippen LogP contribution >= 0.6 is 0 Å². The predicted octanol–water partition coefficient (Wildman–Crippen LogP) is 5.05. The average Bonchev–Trinajstić information content (AvgIpc) is 3.40. The van der Waals surface area contributed by atoms with E-state index in [2.05, 4.69) is 12.0 Å². The van der Waals surface area contributed by atoms with Gasteiger partial charge in [-0.25, -0.2) is 4.68 Å². The number of ether oxygens (including phenoxy) is 2. The van der Waals surface area contributed by atoms with Gasteiger partial charge in [-0.15, -0.1) is 0 Å². The molecule has 1 fully saturated rings. The van der Waals surface area contributed by atoms with Crippen LogP contribution in [0.4, 0.5) is 11.4 Å². The fraction of sp³-hybridized carbons (Fsp3) is 0.438. The van der Waals surface area contributed by atoms with Gasteiger partial charge in [0.15, 0.2) is 5.69 Å². The molecule has 3 aromatic rings. The average molecular weight is 574 g/mol. The van der Waals surface area contributed by atoms with Crippen LogP contribution in [0.25, 0.3) is 5.69 Å². The highest BCUT2D eigenvalue weighted by atomic mass is 16.5. The van der Waals surface area contributed by atoms with Gasteiger partial charge in [0.05, 0.1) is 25.1 Å². The van der Waals surface area contributed by atoms with E-state index in [-0.39, 0.29) is 23.2 Å². The number of unbranched alkanes of at least 4 members (excludes halogenated alkanes) is 4. The van der Waals surface area contributed by atoms with E-state index in [4.69, 9.17) is 15.2 Å². The molecule has 10 heteroatoms. The second kappa shape index (κ2) is 13.1. The van der Waals surface area contributed by atoms with E-state index in [1.165, 1.54) is 23.9 Å². The summed E-state index contributed by atoms with van der Waals surface area (Å²) in [6.07, 6.45) is 8.44. The summed E-state index contributed by atoms with van der Waals surface area (Å²) in [5, 5.41) is 4.50. The summed E-state index contributed by atoms with van der Waals surface area (Å²) in [5.41, 5.74) is 8.52. The molecule has 2 aromatic carbocycles. The molecule has 0 aliphatic carbocycles. The van der Waals surface area contributed by atoms with Crippen LogP contribution in [0.1, 0.15) is 84.8 Å². The van der Waals surface area contributed by atoms with Gasteiger partial charge in [-0.05, 0) is 49.9 Å². The molecule has 2 aliphatic rings. The molecule has 0 atom stereocenters. The number of amides is 3. The molecule has 1 saturated heterocycles. The van der Waals surface area contributed by atoms with Crippen molar-refractivity contribution in [2.24, 2.45) is 5.73 Å². The molecule has 0 bridgehead atoms. The minimum absolute atomic E-state index is 0.0836. The number of benzene rings is 2. The fourth-order valence-corrected chi connectivity index (χ4v) is 5.71. The Labute approximate surface area is 246 Å². The van der Waals surface area contributed by atoms with E-state index in [0.717, 1.165) is 31.4 Å². The van der Waals surface area contributed by atoms with Gasteiger partial charge in [-0.3, -0.25) is 14.4 Å². The molecule has 1 aromatic heterocycles. The molecule has 3 heterocycles. The van der Waals surface area contributed by atoms with Gasteiger partial charge in [0, 0.05) is 42.9 Å². The van der Waals surface area contributed by atoms with Crippen LogP contribution < -0.4 is 25.0 Å². The maximum Gasteiger partial charge on any atom is 0.277 e. The molecule has 2 N–H and O–H groups in total. The van der Waals surface area contributed by atoms with Gasteiger partial charge in [0.2, 0.25) is 5.91 Å². The summed E-state index contributed by atoms with van der Waals surface area (Å²) in [6, 6.07) is 12.8. The van der Waals surface area contributed by atoms with Gasteiger partial charge in [-0.2, -0.15) is 5.10 Å². The van der Waals surface area contributed by atoms with Crippen LogP contribution in [0.15, 0.2) is 42.5 Å². The highest BCUT2D eigenvalue weighted by Crippen LogP contribution is 2.37. The Morgan fingerprint density at radius 1 is 0.952 bits per heavy atom. The molecule has 3 amide bonds. The summed E-state index contributed by atoms with van der Waals surface area (Å²) in [4.78, 5) is 42.3. The molecule has 0 unspecified atom stereocenters. The lowest BCUT2D eigenvalue weighted by Gasteiger charge is -2.31. The molecule has 0 saturated carbocycles. The van der Waals surface area contributed by atoms with Gasteiger partial charge in [0.1, 0.15) is 17.2 Å². The summed E-state index contributed by atoms with van der Waals surface area (Å²) < 4.78 is 13.2. The Morgan fingerprint density at radius 2 is 1.79 bits per heavy atom. The third-order valence-electron chi connectivity index (χ3n) is 7.92. The zero-order valence-electron chi connectivity index (χ0n) is 24.4. The summed E-state index contributed by atoms with van der Waals surface area (Å²) in [7, 11) is 1.55. The highest BCUT2D eigenvalue weighted by molar-refractivity contribution is 6.10. The molecule has 42 heavy (non-hydrogen) atoms. The second-order valence-corrected chi connectivity index (χ2v) is 10.8. The number of piperidine rings is 1. The number of hydrogen-bond donors (Lipinski definition) is 1. The number of nitrogens with zero attached hydrogens (tertiary/aromatic N) is 4. The summed E-state index contributed by atoms with van der Waals surface area (Å²) in [6.45, 7) is 3.76. The first-order valence-electron chi connectivity index (χ1n) is 14.9. The molecule has 0 spiro atoms. The molecule has 222 valence electrons. The number of carbonyl (C=O) groups is 3. The van der Waals surface area contributed by atoms with E-state index in [1.807, 2.05) is 36.4 Å². The van der Waals surface area contributed by atoms with E-state index in [9.17, 15) is 14.4 Å². The molecule has 5 rings (SSSR count). The standard InChI is InChI=1S/C32H39N5O5/c1-3-4-5-6-9-19-42-24-12-10-11-23(20-24)37-30-25(29(34-37)31(33)39)16-18-36(32(30)40)26-15-14-22(21-27(26)41-2)35-17-8-7-13-28(35)38/h10-12,14-15,20-21H,3-9,13,16-19H2,1-2H3,(H2,33,39). The van der Waals surface area contributed by atoms with Gasteiger partial charge >= 0.3 is 0 Å². The number of hydrogen-bond acceptors (Lipinski definition) is 6. The van der Waals surface area contributed by atoms with Crippen molar-refractivity contribution < 1.29 is 23.9 Å². The van der Waals surface area contributed by atoms with Crippen LogP contribution in [0.5, 0.6) is 11.5 Å². The first kappa shape index (κ1) is 29.2. The van der Waals surface area contributed by atoms with Crippen molar-refractivity contribution in [2.45, 2.75) is 64.7 Å². The lowest BCUT2D eigenvalue weighted by molar-refractivity contribution is -0.119. The van der Waals surface area contributed by atoms with Crippen molar-refractivity contribution in [1.29, 1.82) is 0 Å². The predicted molar refractivity (Wildman–Crippen MR) is 161 cm³/mol. The van der Waals surface area contributed by atoms with Crippen molar-refractivity contribution in [3.8, 4) is 17.2 Å². The van der Waals surface area contributed by atoms with E-state index >= 15 is 0 Å². The second-order valence-electron chi connectivity index (χ2n) is 10.8. The topological polar surface area (TPSA) is 120 Å². The Morgan fingerprint density at radius 3 is 2.55 bits per heavy atom. The number of nitrogens with two attached hydrogens (primary N) is 1. The van der Waals surface area contributed by atoms with E-state index in [0.29, 0.717) is 61.0 Å². The Kier molecular flexibility index (Phi) is 9.09. The summed E-state index contributed by atoms with van der Waals surface area (Å²) in [5.74, 6) is 0.230. The minimum atomic E-state index is -0.682. The van der Waals surface area contributed by atoms with Crippen molar-refractivity contribution in [2.75, 3.05) is 36.6 Å². The maximum atomic E-state index is 14.1. The fourth-order valence-electron chi connectivity index (χ4n) is 5.71. The van der Waals surface area contributed by atoms with Crippen LogP contribution in [0.2, 0.25) is 0 Å². The highest BCUT2D eigenvalue weighted by Gasteiger charge is 2.36. The first-order valence-corrected chi connectivity index (χ1v) is 14.9. The zero-order valence-corrected chi connectivity index (χ0v) is 24.4. The minimum Gasteiger partial charge on any atom is -0.494 e. The SMILES string of the molecule is CCCCCCCOc1cccc(-n2nc(C(N)=O)c3c2C(=O)N(c2ccc(N4CCCCC4=O)cc2OC)CC3)c1.